The summed E-state index contributed by atoms with van der Waals surface area (Å²) < 4.78 is 45.7. The summed E-state index contributed by atoms with van der Waals surface area (Å²) in [5.41, 5.74) is 2.35. The third-order valence-electron chi connectivity index (χ3n) is 5.50. The number of rotatable bonds is 8. The molecule has 180 valence electrons. The van der Waals surface area contributed by atoms with Gasteiger partial charge in [-0.3, -0.25) is 4.79 Å². The molecular formula is C25H21F3N4O3. The molecule has 0 unspecified atom stereocenters. The first-order valence-corrected chi connectivity index (χ1v) is 10.6. The molecule has 7 nitrogen and oxygen atoms in total. The molecule has 3 aromatic carbocycles. The number of benzene rings is 3. The summed E-state index contributed by atoms with van der Waals surface area (Å²) in [5, 5.41) is 20.6. The monoisotopic (exact) mass is 482 g/mol. The second-order valence-electron chi connectivity index (χ2n) is 7.94. The second-order valence-corrected chi connectivity index (χ2v) is 7.94. The van der Waals surface area contributed by atoms with Crippen molar-refractivity contribution in [2.24, 2.45) is 7.05 Å². The van der Waals surface area contributed by atoms with Crippen LogP contribution in [0.25, 0.3) is 11.1 Å². The number of hydrogen-bond donors (Lipinski definition) is 1. The van der Waals surface area contributed by atoms with Crippen molar-refractivity contribution in [2.75, 3.05) is 0 Å². The summed E-state index contributed by atoms with van der Waals surface area (Å²) in [6, 6.07) is 19.4. The number of tetrazole rings is 1. The fourth-order valence-electron chi connectivity index (χ4n) is 3.72. The first-order valence-electron chi connectivity index (χ1n) is 10.6. The molecule has 0 spiro atoms. The van der Waals surface area contributed by atoms with E-state index in [0.29, 0.717) is 17.1 Å². The van der Waals surface area contributed by atoms with Crippen LogP contribution in [-0.4, -0.2) is 31.3 Å². The van der Waals surface area contributed by atoms with Crippen LogP contribution in [0.1, 0.15) is 34.9 Å². The van der Waals surface area contributed by atoms with Gasteiger partial charge in [-0.05, 0) is 63.0 Å². The lowest BCUT2D eigenvalue weighted by molar-refractivity contribution is -0.138. The van der Waals surface area contributed by atoms with Crippen molar-refractivity contribution in [3.8, 4) is 16.9 Å². The Labute approximate surface area is 198 Å². The molecule has 35 heavy (non-hydrogen) atoms. The average molecular weight is 482 g/mol. The summed E-state index contributed by atoms with van der Waals surface area (Å²) in [4.78, 5) is 11.4. The molecule has 4 aromatic rings. The van der Waals surface area contributed by atoms with E-state index in [2.05, 4.69) is 15.5 Å². The lowest BCUT2D eigenvalue weighted by atomic mass is 9.95. The van der Waals surface area contributed by atoms with Crippen LogP contribution in [0.3, 0.4) is 0 Å². The van der Waals surface area contributed by atoms with Crippen LogP contribution in [0.2, 0.25) is 0 Å². The van der Waals surface area contributed by atoms with E-state index in [0.717, 1.165) is 28.8 Å². The van der Waals surface area contributed by atoms with Gasteiger partial charge in [-0.2, -0.15) is 13.2 Å². The van der Waals surface area contributed by atoms with Crippen LogP contribution in [0.15, 0.2) is 72.8 Å². The Morgan fingerprint density at radius 1 is 1.03 bits per heavy atom. The Morgan fingerprint density at radius 3 is 2.34 bits per heavy atom. The minimum Gasteiger partial charge on any atom is -0.489 e. The zero-order valence-corrected chi connectivity index (χ0v) is 18.6. The van der Waals surface area contributed by atoms with Crippen molar-refractivity contribution in [3.63, 3.8) is 0 Å². The van der Waals surface area contributed by atoms with Crippen molar-refractivity contribution >= 4 is 5.97 Å². The lowest BCUT2D eigenvalue weighted by Crippen LogP contribution is -2.13. The van der Waals surface area contributed by atoms with Crippen LogP contribution in [-0.2, 0) is 24.6 Å². The van der Waals surface area contributed by atoms with Crippen molar-refractivity contribution < 1.29 is 27.8 Å². The van der Waals surface area contributed by atoms with Gasteiger partial charge in [0, 0.05) is 7.05 Å². The Kier molecular flexibility index (Phi) is 6.81. The maximum atomic E-state index is 12.8. The highest BCUT2D eigenvalue weighted by molar-refractivity contribution is 5.68. The number of aliphatic carboxylic acids is 1. The number of carboxylic acids is 1. The van der Waals surface area contributed by atoms with Crippen molar-refractivity contribution in [1.29, 1.82) is 0 Å². The van der Waals surface area contributed by atoms with Crippen LogP contribution < -0.4 is 4.74 Å². The summed E-state index contributed by atoms with van der Waals surface area (Å²) in [7, 11) is 1.65. The van der Waals surface area contributed by atoms with E-state index in [1.807, 2.05) is 24.3 Å². The van der Waals surface area contributed by atoms with Gasteiger partial charge in [0.25, 0.3) is 0 Å². The van der Waals surface area contributed by atoms with E-state index in [4.69, 9.17) is 4.74 Å². The van der Waals surface area contributed by atoms with Crippen LogP contribution >= 0.6 is 0 Å². The number of carbonyl (C=O) groups is 1. The summed E-state index contributed by atoms with van der Waals surface area (Å²) in [5.74, 6) is -0.451. The molecule has 10 heteroatoms. The summed E-state index contributed by atoms with van der Waals surface area (Å²) in [6.45, 7) is 0.250. The molecule has 1 atom stereocenters. The molecule has 1 N–H and O–H groups in total. The average Bonchev–Trinajstić information content (AvgIpc) is 3.27. The zero-order chi connectivity index (χ0) is 25.0. The van der Waals surface area contributed by atoms with Gasteiger partial charge in [0.15, 0.2) is 5.82 Å². The predicted octanol–water partition coefficient (Wildman–Crippen LogP) is 5.08. The SMILES string of the molecule is Cn1nnnc1[C@@H](CC(=O)O)c1ccc(OCc2cccc(-c3ccc(C(F)(F)F)cc3)c2)cc1. The van der Waals surface area contributed by atoms with E-state index in [9.17, 15) is 23.1 Å². The Balaban J connectivity index is 1.45. The molecule has 1 heterocycles. The molecule has 0 radical (unpaired) electrons. The maximum absolute atomic E-state index is 12.8. The summed E-state index contributed by atoms with van der Waals surface area (Å²) >= 11 is 0. The molecule has 0 aliphatic heterocycles. The van der Waals surface area contributed by atoms with Crippen molar-refractivity contribution in [3.05, 3.63) is 95.3 Å². The van der Waals surface area contributed by atoms with Gasteiger partial charge in [-0.1, -0.05) is 42.5 Å². The lowest BCUT2D eigenvalue weighted by Gasteiger charge is -2.14. The van der Waals surface area contributed by atoms with E-state index in [1.54, 1.807) is 31.3 Å². The van der Waals surface area contributed by atoms with Gasteiger partial charge in [0.05, 0.1) is 17.9 Å². The molecule has 1 aromatic heterocycles. The Morgan fingerprint density at radius 2 is 1.74 bits per heavy atom. The number of carboxylic acid groups (broad SMARTS) is 1. The maximum Gasteiger partial charge on any atom is 0.416 e. The minimum atomic E-state index is -4.37. The molecule has 4 rings (SSSR count). The minimum absolute atomic E-state index is 0.162. The zero-order valence-electron chi connectivity index (χ0n) is 18.6. The third kappa shape index (κ3) is 5.84. The van der Waals surface area contributed by atoms with Gasteiger partial charge < -0.3 is 9.84 Å². The highest BCUT2D eigenvalue weighted by Crippen LogP contribution is 2.31. The van der Waals surface area contributed by atoms with Gasteiger partial charge in [0.1, 0.15) is 12.4 Å². The molecule has 0 fully saturated rings. The molecular weight excluding hydrogens is 461 g/mol. The Hall–Kier alpha value is -4.21. The topological polar surface area (TPSA) is 90.1 Å². The number of alkyl halides is 3. The number of aromatic nitrogens is 4. The number of hydrogen-bond acceptors (Lipinski definition) is 5. The first-order chi connectivity index (χ1) is 16.7. The van der Waals surface area contributed by atoms with Crippen LogP contribution in [0, 0.1) is 0 Å². The highest BCUT2D eigenvalue weighted by atomic mass is 19.4. The standard InChI is InChI=1S/C25H21F3N4O3/c1-32-24(29-30-31-32)22(14-23(33)34)18-7-11-21(12-8-18)35-15-16-3-2-4-19(13-16)17-5-9-20(10-6-17)25(26,27)28/h2-13,22H,14-15H2,1H3,(H,33,34)/t22-/m0/s1. The number of nitrogens with zero attached hydrogens (tertiary/aromatic N) is 4. The normalized spacial score (nSPS) is 12.3. The Bertz CT molecular complexity index is 1300. The number of ether oxygens (including phenoxy) is 1. The van der Waals surface area contributed by atoms with Crippen molar-refractivity contribution in [2.45, 2.75) is 25.1 Å². The van der Waals surface area contributed by atoms with E-state index in [-0.39, 0.29) is 13.0 Å². The molecule has 0 aliphatic rings. The first kappa shape index (κ1) is 23.9. The van der Waals surface area contributed by atoms with E-state index < -0.39 is 23.6 Å². The van der Waals surface area contributed by atoms with Gasteiger partial charge in [0.2, 0.25) is 0 Å². The molecule has 0 aliphatic carbocycles. The van der Waals surface area contributed by atoms with E-state index in [1.165, 1.54) is 16.8 Å². The fourth-order valence-corrected chi connectivity index (χ4v) is 3.72. The number of halogens is 3. The smallest absolute Gasteiger partial charge is 0.416 e. The van der Waals surface area contributed by atoms with Crippen LogP contribution in [0.5, 0.6) is 5.75 Å². The summed E-state index contributed by atoms with van der Waals surface area (Å²) in [6.07, 6.45) is -4.53. The van der Waals surface area contributed by atoms with E-state index >= 15 is 0 Å². The number of aryl methyl sites for hydroxylation is 1. The fraction of sp³-hybridized carbons (Fsp3) is 0.200. The third-order valence-corrected chi connectivity index (χ3v) is 5.50. The second kappa shape index (κ2) is 9.96. The van der Waals surface area contributed by atoms with Gasteiger partial charge in [-0.15, -0.1) is 5.10 Å². The largest absolute Gasteiger partial charge is 0.489 e. The van der Waals surface area contributed by atoms with Crippen LogP contribution in [0.4, 0.5) is 13.2 Å². The molecule has 0 amide bonds. The predicted molar refractivity (Wildman–Crippen MR) is 121 cm³/mol. The highest BCUT2D eigenvalue weighted by Gasteiger charge is 2.30. The molecule has 0 saturated heterocycles. The molecule has 0 bridgehead atoms. The molecule has 0 saturated carbocycles. The quantitative estimate of drug-likeness (QED) is 0.377. The van der Waals surface area contributed by atoms with Gasteiger partial charge >= 0.3 is 12.1 Å². The van der Waals surface area contributed by atoms with Gasteiger partial charge in [-0.25, -0.2) is 4.68 Å². The van der Waals surface area contributed by atoms with Crippen molar-refractivity contribution in [1.82, 2.24) is 20.2 Å².